The maximum atomic E-state index is 11.9. The number of aromatic nitrogens is 2. The van der Waals surface area contributed by atoms with E-state index in [1.165, 1.54) is 18.6 Å². The van der Waals surface area contributed by atoms with Crippen molar-refractivity contribution in [1.82, 2.24) is 9.97 Å². The van der Waals surface area contributed by atoms with Gasteiger partial charge in [-0.1, -0.05) is 42.5 Å². The molecule has 1 aromatic heterocycles. The van der Waals surface area contributed by atoms with Crippen LogP contribution in [0.3, 0.4) is 0 Å². The lowest BCUT2D eigenvalue weighted by molar-refractivity contribution is 0.0916. The van der Waals surface area contributed by atoms with Crippen LogP contribution in [-0.4, -0.2) is 22.4 Å². The summed E-state index contributed by atoms with van der Waals surface area (Å²) in [6, 6.07) is 17.7. The Balaban J connectivity index is 1.63. The van der Waals surface area contributed by atoms with E-state index < -0.39 is 0 Å². The number of ether oxygens (including phenoxy) is 1. The van der Waals surface area contributed by atoms with Crippen LogP contribution in [0.5, 0.6) is 5.75 Å². The third-order valence-electron chi connectivity index (χ3n) is 3.18. The lowest BCUT2D eigenvalue weighted by Crippen LogP contribution is -2.13. The Bertz CT molecular complexity index is 741. The number of rotatable bonds is 5. The Morgan fingerprint density at radius 3 is 2.32 bits per heavy atom. The fourth-order valence-electron chi connectivity index (χ4n) is 2.04. The lowest BCUT2D eigenvalue weighted by atomic mass is 10.1. The Morgan fingerprint density at radius 2 is 1.64 bits per heavy atom. The van der Waals surface area contributed by atoms with Gasteiger partial charge in [-0.05, 0) is 23.3 Å². The predicted octanol–water partition coefficient (Wildman–Crippen LogP) is 3.41. The van der Waals surface area contributed by atoms with Gasteiger partial charge in [-0.25, -0.2) is 4.98 Å². The molecule has 2 aromatic carbocycles. The van der Waals surface area contributed by atoms with E-state index >= 15 is 0 Å². The number of ketones is 1. The van der Waals surface area contributed by atoms with Crippen LogP contribution < -0.4 is 4.74 Å². The number of nitrogens with zero attached hydrogens (tertiary/aromatic N) is 2. The average Bonchev–Trinajstić information content (AvgIpc) is 2.61. The van der Waals surface area contributed by atoms with Crippen LogP contribution in [0, 0.1) is 0 Å². The zero-order chi connectivity index (χ0) is 15.2. The zero-order valence-corrected chi connectivity index (χ0v) is 11.8. The second-order valence-electron chi connectivity index (χ2n) is 4.69. The molecule has 0 aliphatic carbocycles. The van der Waals surface area contributed by atoms with Crippen molar-refractivity contribution >= 4 is 5.78 Å². The summed E-state index contributed by atoms with van der Waals surface area (Å²) in [5, 5.41) is 0. The fraction of sp³-hybridized carbons (Fsp3) is 0.0556. The van der Waals surface area contributed by atoms with Gasteiger partial charge < -0.3 is 4.74 Å². The summed E-state index contributed by atoms with van der Waals surface area (Å²) >= 11 is 0. The van der Waals surface area contributed by atoms with E-state index in [9.17, 15) is 4.79 Å². The van der Waals surface area contributed by atoms with E-state index in [4.69, 9.17) is 4.74 Å². The third kappa shape index (κ3) is 3.35. The van der Waals surface area contributed by atoms with Gasteiger partial charge in [0, 0.05) is 12.4 Å². The molecule has 0 fully saturated rings. The minimum atomic E-state index is -0.194. The van der Waals surface area contributed by atoms with Crippen molar-refractivity contribution < 1.29 is 9.53 Å². The van der Waals surface area contributed by atoms with Gasteiger partial charge in [0.15, 0.2) is 6.61 Å². The number of carbonyl (C=O) groups excluding carboxylic acids is 1. The molecule has 108 valence electrons. The number of carbonyl (C=O) groups is 1. The minimum absolute atomic E-state index is 0.0522. The Hall–Kier alpha value is -3.01. The molecule has 0 saturated carbocycles. The van der Waals surface area contributed by atoms with E-state index in [-0.39, 0.29) is 12.4 Å². The maximum absolute atomic E-state index is 11.9. The molecule has 0 bridgehead atoms. The van der Waals surface area contributed by atoms with Crippen LogP contribution in [0.1, 0.15) is 10.5 Å². The second kappa shape index (κ2) is 6.63. The SMILES string of the molecule is O=C(COc1ccc(-c2ccccc2)cc1)c1cnccn1. The van der Waals surface area contributed by atoms with E-state index in [0.717, 1.165) is 11.1 Å². The molecule has 3 aromatic rings. The Kier molecular flexibility index (Phi) is 4.20. The summed E-state index contributed by atoms with van der Waals surface area (Å²) in [7, 11) is 0. The summed E-state index contributed by atoms with van der Waals surface area (Å²) < 4.78 is 5.50. The van der Waals surface area contributed by atoms with Gasteiger partial charge in [0.1, 0.15) is 11.4 Å². The molecule has 0 aliphatic rings. The largest absolute Gasteiger partial charge is 0.485 e. The molecule has 0 amide bonds. The van der Waals surface area contributed by atoms with Crippen LogP contribution in [0.4, 0.5) is 0 Å². The van der Waals surface area contributed by atoms with Gasteiger partial charge in [-0.2, -0.15) is 0 Å². The van der Waals surface area contributed by atoms with E-state index in [1.807, 2.05) is 54.6 Å². The second-order valence-corrected chi connectivity index (χ2v) is 4.69. The summed E-state index contributed by atoms with van der Waals surface area (Å²) in [6.07, 6.45) is 4.45. The third-order valence-corrected chi connectivity index (χ3v) is 3.18. The fourth-order valence-corrected chi connectivity index (χ4v) is 2.04. The highest BCUT2D eigenvalue weighted by Crippen LogP contribution is 2.22. The molecule has 3 rings (SSSR count). The monoisotopic (exact) mass is 290 g/mol. The van der Waals surface area contributed by atoms with Crippen molar-refractivity contribution in [3.05, 3.63) is 78.9 Å². The Labute approximate surface area is 128 Å². The summed E-state index contributed by atoms with van der Waals surface area (Å²) in [6.45, 7) is -0.0522. The Morgan fingerprint density at radius 1 is 0.909 bits per heavy atom. The van der Waals surface area contributed by atoms with Gasteiger partial charge in [0.2, 0.25) is 5.78 Å². The highest BCUT2D eigenvalue weighted by molar-refractivity contribution is 5.95. The first kappa shape index (κ1) is 13.9. The highest BCUT2D eigenvalue weighted by atomic mass is 16.5. The highest BCUT2D eigenvalue weighted by Gasteiger charge is 2.08. The number of hydrogen-bond acceptors (Lipinski definition) is 4. The predicted molar refractivity (Wildman–Crippen MR) is 83.7 cm³/mol. The molecule has 0 spiro atoms. The molecule has 0 aliphatic heterocycles. The molecular weight excluding hydrogens is 276 g/mol. The summed E-state index contributed by atoms with van der Waals surface area (Å²) in [4.78, 5) is 19.7. The molecule has 0 radical (unpaired) electrons. The van der Waals surface area contributed by atoms with Crippen molar-refractivity contribution in [1.29, 1.82) is 0 Å². The number of benzene rings is 2. The molecule has 4 heteroatoms. The van der Waals surface area contributed by atoms with Crippen LogP contribution >= 0.6 is 0 Å². The quantitative estimate of drug-likeness (QED) is 0.676. The molecule has 0 atom stereocenters. The van der Waals surface area contributed by atoms with Crippen molar-refractivity contribution in [2.45, 2.75) is 0 Å². The normalized spacial score (nSPS) is 10.2. The standard InChI is InChI=1S/C18H14N2O2/c21-18(17-12-19-10-11-20-17)13-22-16-8-6-15(7-9-16)14-4-2-1-3-5-14/h1-12H,13H2. The molecule has 1 heterocycles. The molecule has 22 heavy (non-hydrogen) atoms. The van der Waals surface area contributed by atoms with Crippen LogP contribution in [0.15, 0.2) is 73.2 Å². The topological polar surface area (TPSA) is 52.1 Å². The first-order valence-corrected chi connectivity index (χ1v) is 6.90. The molecule has 0 N–H and O–H groups in total. The van der Waals surface area contributed by atoms with Crippen LogP contribution in [0.2, 0.25) is 0 Å². The van der Waals surface area contributed by atoms with Crippen molar-refractivity contribution in [2.75, 3.05) is 6.61 Å². The van der Waals surface area contributed by atoms with Gasteiger partial charge in [-0.15, -0.1) is 0 Å². The van der Waals surface area contributed by atoms with E-state index in [2.05, 4.69) is 9.97 Å². The first-order chi connectivity index (χ1) is 10.8. The molecule has 0 saturated heterocycles. The summed E-state index contributed by atoms with van der Waals surface area (Å²) in [5.74, 6) is 0.456. The summed E-state index contributed by atoms with van der Waals surface area (Å²) in [5.41, 5.74) is 2.56. The van der Waals surface area contributed by atoms with Gasteiger partial charge in [0.25, 0.3) is 0 Å². The van der Waals surface area contributed by atoms with Crippen LogP contribution in [0.25, 0.3) is 11.1 Å². The van der Waals surface area contributed by atoms with Crippen molar-refractivity contribution in [3.63, 3.8) is 0 Å². The van der Waals surface area contributed by atoms with E-state index in [1.54, 1.807) is 0 Å². The minimum Gasteiger partial charge on any atom is -0.485 e. The van der Waals surface area contributed by atoms with E-state index in [0.29, 0.717) is 11.4 Å². The number of hydrogen-bond donors (Lipinski definition) is 0. The van der Waals surface area contributed by atoms with Gasteiger partial charge in [0.05, 0.1) is 6.20 Å². The maximum Gasteiger partial charge on any atom is 0.220 e. The molecular formula is C18H14N2O2. The number of Topliss-reactive ketones (excluding diaryl/α,β-unsaturated/α-hetero) is 1. The smallest absolute Gasteiger partial charge is 0.220 e. The van der Waals surface area contributed by atoms with Crippen molar-refractivity contribution in [3.8, 4) is 16.9 Å². The molecule has 0 unspecified atom stereocenters. The first-order valence-electron chi connectivity index (χ1n) is 6.90. The van der Waals surface area contributed by atoms with Crippen LogP contribution in [-0.2, 0) is 0 Å². The lowest BCUT2D eigenvalue weighted by Gasteiger charge is -2.06. The van der Waals surface area contributed by atoms with Crippen molar-refractivity contribution in [2.24, 2.45) is 0 Å². The molecule has 4 nitrogen and oxygen atoms in total. The average molecular weight is 290 g/mol. The zero-order valence-electron chi connectivity index (χ0n) is 11.8. The van der Waals surface area contributed by atoms with Gasteiger partial charge in [-0.3, -0.25) is 9.78 Å². The van der Waals surface area contributed by atoms with Gasteiger partial charge >= 0.3 is 0 Å².